The lowest BCUT2D eigenvalue weighted by atomic mass is 10.0. The average molecular weight is 329 g/mol. The summed E-state index contributed by atoms with van der Waals surface area (Å²) in [6.45, 7) is 2.90. The molecule has 3 aromatic rings. The fourth-order valence-electron chi connectivity index (χ4n) is 3.14. The fourth-order valence-corrected chi connectivity index (χ4v) is 3.79. The van der Waals surface area contributed by atoms with Crippen LogP contribution in [0.4, 0.5) is 0 Å². The van der Waals surface area contributed by atoms with Gasteiger partial charge in [-0.1, -0.05) is 6.07 Å². The van der Waals surface area contributed by atoms with Gasteiger partial charge in [0.15, 0.2) is 0 Å². The number of hydrogen-bond donors (Lipinski definition) is 0. The van der Waals surface area contributed by atoms with Crippen LogP contribution in [0.5, 0.6) is 0 Å². The largest absolute Gasteiger partial charge is 0.419 e. The van der Waals surface area contributed by atoms with Gasteiger partial charge in [0.2, 0.25) is 5.89 Å². The van der Waals surface area contributed by atoms with E-state index >= 15 is 0 Å². The number of aromatic nitrogens is 4. The molecular formula is C16H19N5OS. The molecule has 0 bridgehead atoms. The van der Waals surface area contributed by atoms with Crippen molar-refractivity contribution in [2.75, 3.05) is 13.1 Å². The first kappa shape index (κ1) is 14.6. The zero-order valence-corrected chi connectivity index (χ0v) is 13.9. The van der Waals surface area contributed by atoms with Gasteiger partial charge in [-0.3, -0.25) is 9.58 Å². The zero-order chi connectivity index (χ0) is 15.6. The SMILES string of the molecule is Cn1cc(C[C@@H]2CCN(Cc3nnc(-c4cccs4)o3)C2)cn1. The molecular weight excluding hydrogens is 310 g/mol. The third-order valence-electron chi connectivity index (χ3n) is 4.21. The van der Waals surface area contributed by atoms with Crippen LogP contribution in [0.1, 0.15) is 17.9 Å². The highest BCUT2D eigenvalue weighted by atomic mass is 32.1. The maximum atomic E-state index is 5.78. The Labute approximate surface area is 138 Å². The number of hydrogen-bond acceptors (Lipinski definition) is 6. The molecule has 0 spiro atoms. The molecule has 23 heavy (non-hydrogen) atoms. The summed E-state index contributed by atoms with van der Waals surface area (Å²) in [5.41, 5.74) is 1.32. The summed E-state index contributed by atoms with van der Waals surface area (Å²) in [5, 5.41) is 14.6. The van der Waals surface area contributed by atoms with E-state index in [0.717, 1.165) is 30.9 Å². The maximum absolute atomic E-state index is 5.78. The molecule has 4 heterocycles. The monoisotopic (exact) mass is 329 g/mol. The first-order valence-corrected chi connectivity index (χ1v) is 8.70. The van der Waals surface area contributed by atoms with Crippen LogP contribution < -0.4 is 0 Å². The molecule has 1 aliphatic rings. The van der Waals surface area contributed by atoms with Crippen molar-refractivity contribution in [3.8, 4) is 10.8 Å². The van der Waals surface area contributed by atoms with E-state index in [2.05, 4.69) is 26.4 Å². The summed E-state index contributed by atoms with van der Waals surface area (Å²) < 4.78 is 7.65. The van der Waals surface area contributed by atoms with Gasteiger partial charge in [0, 0.05) is 19.8 Å². The molecule has 120 valence electrons. The highest BCUT2D eigenvalue weighted by Gasteiger charge is 2.24. The molecule has 0 unspecified atom stereocenters. The lowest BCUT2D eigenvalue weighted by Gasteiger charge is -2.13. The Balaban J connectivity index is 1.33. The molecule has 0 radical (unpaired) electrons. The van der Waals surface area contributed by atoms with Crippen molar-refractivity contribution in [2.24, 2.45) is 13.0 Å². The number of thiophene rings is 1. The van der Waals surface area contributed by atoms with Gasteiger partial charge < -0.3 is 4.42 Å². The average Bonchev–Trinajstić information content (AvgIpc) is 3.29. The maximum Gasteiger partial charge on any atom is 0.257 e. The van der Waals surface area contributed by atoms with E-state index in [1.165, 1.54) is 12.0 Å². The Morgan fingerprint density at radius 3 is 3.13 bits per heavy atom. The molecule has 1 saturated heterocycles. The number of rotatable bonds is 5. The Kier molecular flexibility index (Phi) is 3.97. The first-order valence-electron chi connectivity index (χ1n) is 7.82. The third-order valence-corrected chi connectivity index (χ3v) is 5.07. The highest BCUT2D eigenvalue weighted by Crippen LogP contribution is 2.25. The molecule has 0 aromatic carbocycles. The number of likely N-dealkylation sites (tertiary alicyclic amines) is 1. The van der Waals surface area contributed by atoms with Crippen LogP contribution in [0.15, 0.2) is 34.3 Å². The Morgan fingerprint density at radius 1 is 1.39 bits per heavy atom. The van der Waals surface area contributed by atoms with Gasteiger partial charge in [-0.15, -0.1) is 21.5 Å². The summed E-state index contributed by atoms with van der Waals surface area (Å²) in [7, 11) is 1.96. The molecule has 1 fully saturated rings. The van der Waals surface area contributed by atoms with Crippen LogP contribution >= 0.6 is 11.3 Å². The second-order valence-corrected chi connectivity index (χ2v) is 7.04. The Hall–Kier alpha value is -1.99. The topological polar surface area (TPSA) is 60.0 Å². The third kappa shape index (κ3) is 3.35. The quantitative estimate of drug-likeness (QED) is 0.720. The van der Waals surface area contributed by atoms with E-state index in [4.69, 9.17) is 4.42 Å². The minimum atomic E-state index is 0.626. The molecule has 0 saturated carbocycles. The number of aryl methyl sites for hydroxylation is 1. The van der Waals surface area contributed by atoms with Gasteiger partial charge in [0.25, 0.3) is 5.89 Å². The second kappa shape index (κ2) is 6.25. The number of nitrogens with zero attached hydrogens (tertiary/aromatic N) is 5. The van der Waals surface area contributed by atoms with Crippen LogP contribution in [-0.2, 0) is 20.0 Å². The summed E-state index contributed by atoms with van der Waals surface area (Å²) >= 11 is 1.62. The molecule has 4 rings (SSSR count). The zero-order valence-electron chi connectivity index (χ0n) is 13.1. The molecule has 1 atom stereocenters. The van der Waals surface area contributed by atoms with Crippen molar-refractivity contribution < 1.29 is 4.42 Å². The minimum Gasteiger partial charge on any atom is -0.419 e. The Bertz CT molecular complexity index is 763. The predicted octanol–water partition coefficient (Wildman–Crippen LogP) is 2.60. The highest BCUT2D eigenvalue weighted by molar-refractivity contribution is 7.13. The first-order chi connectivity index (χ1) is 11.3. The lowest BCUT2D eigenvalue weighted by molar-refractivity contribution is 0.281. The molecule has 3 aromatic heterocycles. The minimum absolute atomic E-state index is 0.626. The van der Waals surface area contributed by atoms with Crippen molar-refractivity contribution in [2.45, 2.75) is 19.4 Å². The van der Waals surface area contributed by atoms with Gasteiger partial charge in [0.05, 0.1) is 17.6 Å². The molecule has 0 N–H and O–H groups in total. The van der Waals surface area contributed by atoms with Crippen LogP contribution in [0.3, 0.4) is 0 Å². The van der Waals surface area contributed by atoms with Crippen LogP contribution in [0, 0.1) is 5.92 Å². The van der Waals surface area contributed by atoms with Gasteiger partial charge >= 0.3 is 0 Å². The molecule has 0 amide bonds. The summed E-state index contributed by atoms with van der Waals surface area (Å²) in [4.78, 5) is 3.42. The standard InChI is InChI=1S/C16H19N5OS/c1-20-9-13(8-17-20)7-12-4-5-21(10-12)11-15-18-19-16(22-15)14-3-2-6-23-14/h2-3,6,8-9,12H,4-5,7,10-11H2,1H3/t12-/m0/s1. The lowest BCUT2D eigenvalue weighted by Crippen LogP contribution is -2.20. The van der Waals surface area contributed by atoms with Crippen LogP contribution in [0.2, 0.25) is 0 Å². The van der Waals surface area contributed by atoms with E-state index < -0.39 is 0 Å². The van der Waals surface area contributed by atoms with E-state index in [-0.39, 0.29) is 0 Å². The normalized spacial score (nSPS) is 18.7. The van der Waals surface area contributed by atoms with Gasteiger partial charge in [-0.05, 0) is 42.3 Å². The van der Waals surface area contributed by atoms with E-state index in [1.54, 1.807) is 11.3 Å². The molecule has 1 aliphatic heterocycles. The Morgan fingerprint density at radius 2 is 2.35 bits per heavy atom. The van der Waals surface area contributed by atoms with Crippen molar-refractivity contribution in [3.63, 3.8) is 0 Å². The van der Waals surface area contributed by atoms with Crippen LogP contribution in [-0.4, -0.2) is 38.0 Å². The van der Waals surface area contributed by atoms with Crippen LogP contribution in [0.25, 0.3) is 10.8 Å². The van der Waals surface area contributed by atoms with Gasteiger partial charge in [-0.2, -0.15) is 5.10 Å². The second-order valence-electron chi connectivity index (χ2n) is 6.09. The summed E-state index contributed by atoms with van der Waals surface area (Å²) in [5.74, 6) is 2.01. The summed E-state index contributed by atoms with van der Waals surface area (Å²) in [6, 6.07) is 4.00. The van der Waals surface area contributed by atoms with E-state index in [0.29, 0.717) is 17.7 Å². The summed E-state index contributed by atoms with van der Waals surface area (Å²) in [6.07, 6.45) is 6.37. The van der Waals surface area contributed by atoms with Gasteiger partial charge in [0.1, 0.15) is 0 Å². The fraction of sp³-hybridized carbons (Fsp3) is 0.438. The van der Waals surface area contributed by atoms with E-state index in [9.17, 15) is 0 Å². The van der Waals surface area contributed by atoms with E-state index in [1.807, 2.05) is 35.4 Å². The van der Waals surface area contributed by atoms with Crippen molar-refractivity contribution in [1.29, 1.82) is 0 Å². The smallest absolute Gasteiger partial charge is 0.257 e. The van der Waals surface area contributed by atoms with Crippen molar-refractivity contribution in [1.82, 2.24) is 24.9 Å². The molecule has 6 nitrogen and oxygen atoms in total. The predicted molar refractivity (Wildman–Crippen MR) is 87.9 cm³/mol. The van der Waals surface area contributed by atoms with Crippen molar-refractivity contribution >= 4 is 11.3 Å². The molecule has 7 heteroatoms. The van der Waals surface area contributed by atoms with Crippen molar-refractivity contribution in [3.05, 3.63) is 41.4 Å². The molecule has 0 aliphatic carbocycles. The van der Waals surface area contributed by atoms with Gasteiger partial charge in [-0.25, -0.2) is 0 Å².